The molecule has 0 saturated heterocycles. The van der Waals surface area contributed by atoms with Crippen molar-refractivity contribution in [1.82, 2.24) is 0 Å². The van der Waals surface area contributed by atoms with Crippen molar-refractivity contribution >= 4 is 32.3 Å². The van der Waals surface area contributed by atoms with Gasteiger partial charge in [-0.15, -0.1) is 0 Å². The number of hydrogen-bond acceptors (Lipinski definition) is 4. The number of methoxy groups -OCH3 is 1. The van der Waals surface area contributed by atoms with Crippen molar-refractivity contribution in [2.45, 2.75) is 31.1 Å². The molecule has 0 fully saturated rings. The Bertz CT molecular complexity index is 331. The smallest absolute Gasteiger partial charge is 0.123 e. The second-order valence-corrected chi connectivity index (χ2v) is 7.35. The second-order valence-electron chi connectivity index (χ2n) is 4.27. The van der Waals surface area contributed by atoms with Crippen LogP contribution >= 0.6 is 32.3 Å². The highest BCUT2D eigenvalue weighted by Crippen LogP contribution is 2.39. The minimum Gasteiger partial charge on any atom is -0.496 e. The average molecular weight is 260 g/mol. The molecule has 15 heavy (non-hydrogen) atoms. The van der Waals surface area contributed by atoms with Crippen molar-refractivity contribution in [3.63, 3.8) is 0 Å². The van der Waals surface area contributed by atoms with Crippen LogP contribution in [0.1, 0.15) is 26.3 Å². The van der Waals surface area contributed by atoms with Crippen LogP contribution in [0.4, 0.5) is 0 Å². The molecular formula is C11H16OS3. The molecule has 84 valence electrons. The summed E-state index contributed by atoms with van der Waals surface area (Å²) >= 11 is 4.12. The van der Waals surface area contributed by atoms with Gasteiger partial charge in [0.15, 0.2) is 0 Å². The predicted molar refractivity (Wildman–Crippen MR) is 74.1 cm³/mol. The lowest BCUT2D eigenvalue weighted by Gasteiger charge is -2.22. The fourth-order valence-electron chi connectivity index (χ4n) is 1.39. The Morgan fingerprint density at radius 3 is 2.40 bits per heavy atom. The van der Waals surface area contributed by atoms with E-state index in [9.17, 15) is 0 Å². The fraction of sp³-hybridized carbons (Fsp3) is 0.455. The van der Waals surface area contributed by atoms with Crippen molar-refractivity contribution in [2.75, 3.05) is 7.11 Å². The van der Waals surface area contributed by atoms with E-state index < -0.39 is 0 Å². The summed E-state index contributed by atoms with van der Waals surface area (Å²) in [5, 5.41) is 0. The van der Waals surface area contributed by atoms with Gasteiger partial charge in [0.2, 0.25) is 0 Å². The maximum Gasteiger partial charge on any atom is 0.123 e. The summed E-state index contributed by atoms with van der Waals surface area (Å²) in [5.41, 5.74) is 1.35. The highest BCUT2D eigenvalue weighted by atomic mass is 33.5. The summed E-state index contributed by atoms with van der Waals surface area (Å²) in [4.78, 5) is 1.17. The van der Waals surface area contributed by atoms with E-state index in [0.717, 1.165) is 5.75 Å². The van der Waals surface area contributed by atoms with Gasteiger partial charge >= 0.3 is 0 Å². The Morgan fingerprint density at radius 1 is 1.27 bits per heavy atom. The van der Waals surface area contributed by atoms with Crippen molar-refractivity contribution in [2.24, 2.45) is 0 Å². The first-order chi connectivity index (χ1) is 6.99. The topological polar surface area (TPSA) is 9.23 Å². The molecule has 0 amide bonds. The molecule has 4 heteroatoms. The molecule has 0 heterocycles. The molecule has 1 nitrogen and oxygen atoms in total. The highest BCUT2D eigenvalue weighted by Gasteiger charge is 2.18. The van der Waals surface area contributed by atoms with Gasteiger partial charge in [0.1, 0.15) is 5.75 Å². The molecule has 0 aliphatic rings. The van der Waals surface area contributed by atoms with Crippen LogP contribution < -0.4 is 4.74 Å². The highest BCUT2D eigenvalue weighted by molar-refractivity contribution is 9.05. The first kappa shape index (κ1) is 13.1. The van der Waals surface area contributed by atoms with Crippen molar-refractivity contribution in [3.05, 3.63) is 23.8 Å². The van der Waals surface area contributed by atoms with Gasteiger partial charge in [-0.05, 0) is 43.7 Å². The number of hydrogen-bond donors (Lipinski definition) is 1. The number of benzene rings is 1. The molecule has 1 rings (SSSR count). The van der Waals surface area contributed by atoms with Crippen LogP contribution in [0.25, 0.3) is 0 Å². The predicted octanol–water partition coefficient (Wildman–Crippen LogP) is 4.58. The molecule has 0 aliphatic carbocycles. The van der Waals surface area contributed by atoms with Gasteiger partial charge in [-0.1, -0.05) is 38.5 Å². The number of rotatable bonds is 3. The first-order valence-corrected chi connectivity index (χ1v) is 7.86. The van der Waals surface area contributed by atoms with Crippen LogP contribution in [0.2, 0.25) is 0 Å². The maximum atomic E-state index is 5.41. The SMILES string of the molecule is COc1cc(SSS)ccc1C(C)(C)C. The van der Waals surface area contributed by atoms with Gasteiger partial charge in [-0.25, -0.2) is 0 Å². The van der Waals surface area contributed by atoms with Crippen LogP contribution in [0, 0.1) is 0 Å². The van der Waals surface area contributed by atoms with E-state index in [2.05, 4.69) is 50.6 Å². The standard InChI is InChI=1S/C11H16OS3/c1-11(2,3)9-6-5-8(14-15-13)7-10(9)12-4/h5-7,13H,1-4H3. The zero-order valence-electron chi connectivity index (χ0n) is 9.40. The van der Waals surface area contributed by atoms with E-state index >= 15 is 0 Å². The number of ether oxygens (including phenoxy) is 1. The van der Waals surface area contributed by atoms with E-state index in [1.54, 1.807) is 17.9 Å². The number of thiol groups is 1. The fourth-order valence-corrected chi connectivity index (χ4v) is 3.09. The molecule has 0 N–H and O–H groups in total. The van der Waals surface area contributed by atoms with E-state index in [-0.39, 0.29) is 5.41 Å². The quantitative estimate of drug-likeness (QED) is 0.630. The minimum atomic E-state index is 0.114. The Kier molecular flexibility index (Phi) is 4.74. The van der Waals surface area contributed by atoms with Crippen molar-refractivity contribution < 1.29 is 4.74 Å². The third-order valence-electron chi connectivity index (χ3n) is 2.11. The Labute approximate surface area is 105 Å². The van der Waals surface area contributed by atoms with E-state index in [0.29, 0.717) is 0 Å². The summed E-state index contributed by atoms with van der Waals surface area (Å²) in [6.45, 7) is 6.56. The molecular weight excluding hydrogens is 244 g/mol. The van der Waals surface area contributed by atoms with Gasteiger partial charge in [-0.2, -0.15) is 0 Å². The molecule has 1 aromatic carbocycles. The molecule has 0 saturated carbocycles. The summed E-state index contributed by atoms with van der Waals surface area (Å²) < 4.78 is 5.41. The van der Waals surface area contributed by atoms with Gasteiger partial charge < -0.3 is 4.74 Å². The van der Waals surface area contributed by atoms with Gasteiger partial charge in [0, 0.05) is 4.90 Å². The van der Waals surface area contributed by atoms with E-state index in [1.807, 2.05) is 0 Å². The lowest BCUT2D eigenvalue weighted by Crippen LogP contribution is -2.12. The third-order valence-corrected chi connectivity index (χ3v) is 4.11. The monoisotopic (exact) mass is 260 g/mol. The molecule has 0 radical (unpaired) electrons. The lowest BCUT2D eigenvalue weighted by molar-refractivity contribution is 0.396. The summed E-state index contributed by atoms with van der Waals surface area (Å²) in [6.07, 6.45) is 0. The molecule has 0 bridgehead atoms. The largest absolute Gasteiger partial charge is 0.496 e. The summed E-state index contributed by atoms with van der Waals surface area (Å²) in [7, 11) is 4.78. The molecule has 1 aromatic rings. The van der Waals surface area contributed by atoms with Gasteiger partial charge in [0.25, 0.3) is 0 Å². The lowest BCUT2D eigenvalue weighted by atomic mass is 9.86. The normalized spacial score (nSPS) is 11.5. The summed E-state index contributed by atoms with van der Waals surface area (Å²) in [6, 6.07) is 6.30. The Morgan fingerprint density at radius 2 is 1.93 bits per heavy atom. The van der Waals surface area contributed by atoms with E-state index in [4.69, 9.17) is 4.74 Å². The minimum absolute atomic E-state index is 0.114. The zero-order valence-corrected chi connectivity index (χ0v) is 11.9. The summed E-state index contributed by atoms with van der Waals surface area (Å²) in [5.74, 6) is 0.954. The van der Waals surface area contributed by atoms with Crippen molar-refractivity contribution in [1.29, 1.82) is 0 Å². The molecule has 0 atom stereocenters. The average Bonchev–Trinajstić information content (AvgIpc) is 2.16. The molecule has 0 spiro atoms. The molecule has 0 unspecified atom stereocenters. The first-order valence-electron chi connectivity index (χ1n) is 4.65. The Hall–Kier alpha value is 0.0700. The van der Waals surface area contributed by atoms with Gasteiger partial charge in [0.05, 0.1) is 7.11 Å². The molecule has 0 aromatic heterocycles. The zero-order chi connectivity index (χ0) is 11.5. The molecule has 0 aliphatic heterocycles. The van der Waals surface area contributed by atoms with Crippen LogP contribution in [0.15, 0.2) is 23.1 Å². The van der Waals surface area contributed by atoms with Crippen molar-refractivity contribution in [3.8, 4) is 5.75 Å². The van der Waals surface area contributed by atoms with E-state index in [1.165, 1.54) is 20.3 Å². The van der Waals surface area contributed by atoms with Crippen LogP contribution in [0.3, 0.4) is 0 Å². The van der Waals surface area contributed by atoms with Gasteiger partial charge in [-0.3, -0.25) is 0 Å². The second kappa shape index (κ2) is 5.41. The Balaban J connectivity index is 3.09. The van der Waals surface area contributed by atoms with Crippen LogP contribution in [-0.2, 0) is 5.41 Å². The third kappa shape index (κ3) is 3.54. The van der Waals surface area contributed by atoms with Crippen LogP contribution in [0.5, 0.6) is 5.75 Å². The maximum absolute atomic E-state index is 5.41. The van der Waals surface area contributed by atoms with Crippen LogP contribution in [-0.4, -0.2) is 7.11 Å².